The Morgan fingerprint density at radius 3 is 2.53 bits per heavy atom. The lowest BCUT2D eigenvalue weighted by molar-refractivity contribution is 0.183. The van der Waals surface area contributed by atoms with Crippen molar-refractivity contribution in [1.29, 1.82) is 0 Å². The summed E-state index contributed by atoms with van der Waals surface area (Å²) >= 11 is 0. The predicted octanol–water partition coefficient (Wildman–Crippen LogP) is 0.866. The summed E-state index contributed by atoms with van der Waals surface area (Å²) in [6.07, 6.45) is 2.28. The van der Waals surface area contributed by atoms with Crippen LogP contribution < -0.4 is 10.2 Å². The highest BCUT2D eigenvalue weighted by Gasteiger charge is 2.12. The Balaban J connectivity index is 2.42. The van der Waals surface area contributed by atoms with E-state index in [0.29, 0.717) is 23.9 Å². The van der Waals surface area contributed by atoms with Crippen molar-refractivity contribution in [1.82, 2.24) is 4.90 Å². The second-order valence-corrected chi connectivity index (χ2v) is 4.75. The second kappa shape index (κ2) is 8.20. The molecule has 0 aliphatic carbocycles. The zero-order chi connectivity index (χ0) is 14.3. The fourth-order valence-corrected chi connectivity index (χ4v) is 2.17. The summed E-state index contributed by atoms with van der Waals surface area (Å²) in [6.45, 7) is 5.84. The van der Waals surface area contributed by atoms with E-state index in [1.165, 1.54) is 0 Å². The van der Waals surface area contributed by atoms with Gasteiger partial charge < -0.3 is 19.7 Å². The average molecular weight is 265 g/mol. The van der Waals surface area contributed by atoms with Crippen LogP contribution in [0, 0.1) is 0 Å². The number of nitrogens with zero attached hydrogens (tertiary/aromatic N) is 1. The summed E-state index contributed by atoms with van der Waals surface area (Å²) in [5, 5.41) is 18.2. The van der Waals surface area contributed by atoms with Crippen molar-refractivity contribution in [3.63, 3.8) is 0 Å². The maximum atomic E-state index is 9.09. The summed E-state index contributed by atoms with van der Waals surface area (Å²) in [7, 11) is 0.658. The summed E-state index contributed by atoms with van der Waals surface area (Å²) in [6, 6.07) is 7.49. The van der Waals surface area contributed by atoms with Crippen LogP contribution >= 0.6 is 0 Å². The summed E-state index contributed by atoms with van der Waals surface area (Å²) in [5.41, 5.74) is 0.450. The molecule has 0 atom stereocenters. The molecule has 0 spiro atoms. The van der Waals surface area contributed by atoms with Gasteiger partial charge in [0.2, 0.25) is 0 Å². The Morgan fingerprint density at radius 2 is 1.95 bits per heavy atom. The van der Waals surface area contributed by atoms with Crippen LogP contribution in [0.3, 0.4) is 0 Å². The van der Waals surface area contributed by atoms with Gasteiger partial charge in [0.25, 0.3) is 0 Å². The number of rotatable bonds is 8. The van der Waals surface area contributed by atoms with Crippen molar-refractivity contribution in [3.8, 4) is 5.75 Å². The van der Waals surface area contributed by atoms with Crippen LogP contribution in [0.25, 0.3) is 0 Å². The minimum absolute atomic E-state index is 0.450. The summed E-state index contributed by atoms with van der Waals surface area (Å²) in [5.74, 6) is 0.670. The number of ether oxygens (including phenoxy) is 1. The van der Waals surface area contributed by atoms with Crippen LogP contribution in [0.5, 0.6) is 5.75 Å². The van der Waals surface area contributed by atoms with Crippen LogP contribution in [0.4, 0.5) is 0 Å². The number of hydrogen-bond acceptors (Lipinski definition) is 4. The van der Waals surface area contributed by atoms with Gasteiger partial charge in [-0.1, -0.05) is 26.0 Å². The van der Waals surface area contributed by atoms with Gasteiger partial charge in [-0.05, 0) is 37.5 Å². The molecule has 1 aromatic rings. The smallest absolute Gasteiger partial charge is 0.488 e. The van der Waals surface area contributed by atoms with E-state index >= 15 is 0 Å². The minimum atomic E-state index is -1.45. The van der Waals surface area contributed by atoms with Crippen LogP contribution in [0.2, 0.25) is 0 Å². The quantitative estimate of drug-likeness (QED) is 0.685. The van der Waals surface area contributed by atoms with Crippen molar-refractivity contribution in [2.24, 2.45) is 0 Å². The molecule has 19 heavy (non-hydrogen) atoms. The Labute approximate surface area is 116 Å². The van der Waals surface area contributed by atoms with Gasteiger partial charge in [-0.3, -0.25) is 0 Å². The average Bonchev–Trinajstić information content (AvgIpc) is 2.40. The Kier molecular flexibility index (Phi) is 6.91. The Morgan fingerprint density at radius 1 is 1.26 bits per heavy atom. The van der Waals surface area contributed by atoms with Crippen LogP contribution in [-0.2, 0) is 0 Å². The molecule has 1 aromatic carbocycles. The van der Waals surface area contributed by atoms with Gasteiger partial charge in [0, 0.05) is 12.6 Å². The van der Waals surface area contributed by atoms with Crippen molar-refractivity contribution in [3.05, 3.63) is 24.3 Å². The minimum Gasteiger partial charge on any atom is -0.492 e. The summed E-state index contributed by atoms with van der Waals surface area (Å²) in [4.78, 5) is 2.30. The van der Waals surface area contributed by atoms with Crippen molar-refractivity contribution >= 4 is 12.6 Å². The third-order valence-electron chi connectivity index (χ3n) is 3.43. The van der Waals surface area contributed by atoms with E-state index in [1.807, 2.05) is 6.07 Å². The van der Waals surface area contributed by atoms with Crippen LogP contribution in [0.1, 0.15) is 26.7 Å². The third-order valence-corrected chi connectivity index (χ3v) is 3.43. The number of likely N-dealkylation sites (N-methyl/N-ethyl adjacent to an activating group) is 1. The molecule has 0 radical (unpaired) electrons. The zero-order valence-corrected chi connectivity index (χ0v) is 12.0. The van der Waals surface area contributed by atoms with E-state index in [4.69, 9.17) is 14.8 Å². The first-order valence-corrected chi connectivity index (χ1v) is 6.87. The van der Waals surface area contributed by atoms with E-state index in [2.05, 4.69) is 25.8 Å². The van der Waals surface area contributed by atoms with E-state index in [9.17, 15) is 0 Å². The molecule has 0 aromatic heterocycles. The maximum absolute atomic E-state index is 9.09. The Bertz CT molecular complexity index is 369. The molecule has 0 aliphatic heterocycles. The molecule has 0 bridgehead atoms. The fourth-order valence-electron chi connectivity index (χ4n) is 2.17. The largest absolute Gasteiger partial charge is 0.492 e. The molecular weight excluding hydrogens is 241 g/mol. The molecule has 0 unspecified atom stereocenters. The fraction of sp³-hybridized carbons (Fsp3) is 0.571. The standard InChI is InChI=1S/C14H24BNO3/c1-4-13(5-2)16(3)9-10-19-14-8-6-7-12(11-14)15(17)18/h6-8,11,13,17-18H,4-5,9-10H2,1-3H3. The molecule has 0 fully saturated rings. The van der Waals surface area contributed by atoms with Gasteiger partial charge in [0.15, 0.2) is 0 Å². The molecule has 5 heteroatoms. The first kappa shape index (κ1) is 16.0. The second-order valence-electron chi connectivity index (χ2n) is 4.75. The lowest BCUT2D eigenvalue weighted by atomic mass is 9.80. The van der Waals surface area contributed by atoms with Gasteiger partial charge in [0.05, 0.1) is 0 Å². The van der Waals surface area contributed by atoms with Crippen LogP contribution in [-0.4, -0.2) is 48.3 Å². The normalized spacial score (nSPS) is 11.1. The zero-order valence-electron chi connectivity index (χ0n) is 12.0. The van der Waals surface area contributed by atoms with Crippen LogP contribution in [0.15, 0.2) is 24.3 Å². The van der Waals surface area contributed by atoms with E-state index in [1.54, 1.807) is 18.2 Å². The molecule has 2 N–H and O–H groups in total. The van der Waals surface area contributed by atoms with Gasteiger partial charge in [-0.25, -0.2) is 0 Å². The lowest BCUT2D eigenvalue weighted by Gasteiger charge is -2.25. The van der Waals surface area contributed by atoms with Gasteiger partial charge in [-0.15, -0.1) is 0 Å². The monoisotopic (exact) mass is 265 g/mol. The van der Waals surface area contributed by atoms with Crippen molar-refractivity contribution in [2.45, 2.75) is 32.7 Å². The number of benzene rings is 1. The molecule has 0 amide bonds. The highest BCUT2D eigenvalue weighted by molar-refractivity contribution is 6.58. The SMILES string of the molecule is CCC(CC)N(C)CCOc1cccc(B(O)O)c1. The summed E-state index contributed by atoms with van der Waals surface area (Å²) < 4.78 is 5.64. The Hall–Kier alpha value is -1.04. The molecule has 4 nitrogen and oxygen atoms in total. The first-order chi connectivity index (χ1) is 9.08. The number of hydrogen-bond donors (Lipinski definition) is 2. The van der Waals surface area contributed by atoms with Gasteiger partial charge in [0.1, 0.15) is 12.4 Å². The molecule has 1 rings (SSSR count). The van der Waals surface area contributed by atoms with E-state index in [0.717, 1.165) is 19.4 Å². The van der Waals surface area contributed by atoms with Gasteiger partial charge >= 0.3 is 7.12 Å². The first-order valence-electron chi connectivity index (χ1n) is 6.87. The molecule has 0 saturated heterocycles. The molecule has 0 heterocycles. The third kappa shape index (κ3) is 5.23. The predicted molar refractivity (Wildman–Crippen MR) is 78.8 cm³/mol. The van der Waals surface area contributed by atoms with Gasteiger partial charge in [-0.2, -0.15) is 0 Å². The maximum Gasteiger partial charge on any atom is 0.488 e. The molecule has 0 saturated carbocycles. The molecular formula is C14H24BNO3. The lowest BCUT2D eigenvalue weighted by Crippen LogP contribution is -2.34. The van der Waals surface area contributed by atoms with Crippen molar-refractivity contribution < 1.29 is 14.8 Å². The highest BCUT2D eigenvalue weighted by Crippen LogP contribution is 2.09. The van der Waals surface area contributed by atoms with E-state index in [-0.39, 0.29) is 0 Å². The molecule has 0 aliphatic rings. The topological polar surface area (TPSA) is 52.9 Å². The highest BCUT2D eigenvalue weighted by atomic mass is 16.5. The molecule has 106 valence electrons. The van der Waals surface area contributed by atoms with Crippen molar-refractivity contribution in [2.75, 3.05) is 20.2 Å². The van der Waals surface area contributed by atoms with E-state index < -0.39 is 7.12 Å².